The Balaban J connectivity index is 1.37. The number of carbonyl (C=O) groups excluding carboxylic acids is 1. The van der Waals surface area contributed by atoms with Crippen molar-refractivity contribution in [3.8, 4) is 0 Å². The lowest BCUT2D eigenvalue weighted by Gasteiger charge is -2.38. The second-order valence-corrected chi connectivity index (χ2v) is 12.2. The van der Waals surface area contributed by atoms with Gasteiger partial charge in [0.2, 0.25) is 5.91 Å². The Morgan fingerprint density at radius 3 is 2.50 bits per heavy atom. The highest BCUT2D eigenvalue weighted by Crippen LogP contribution is 2.29. The Morgan fingerprint density at radius 2 is 1.80 bits per heavy atom. The average molecular weight is 456 g/mol. The molecule has 30 heavy (non-hydrogen) atoms. The van der Waals surface area contributed by atoms with E-state index in [1.165, 1.54) is 11.3 Å². The van der Waals surface area contributed by atoms with Crippen LogP contribution in [0.1, 0.15) is 44.4 Å². The molecule has 3 aliphatic rings. The molecule has 1 amide bonds. The van der Waals surface area contributed by atoms with Crippen molar-refractivity contribution >= 4 is 27.3 Å². The van der Waals surface area contributed by atoms with Crippen molar-refractivity contribution in [3.05, 3.63) is 17.0 Å². The maximum Gasteiger partial charge on any atom is 0.252 e. The number of hydrogen-bond acceptors (Lipinski definition) is 6. The third kappa shape index (κ3) is 4.91. The van der Waals surface area contributed by atoms with Crippen LogP contribution in [0.4, 0.5) is 0 Å². The second kappa shape index (κ2) is 9.24. The standard InChI is InChI=1S/C21H33N3O4S2/c1-16-13-22(14-17(2)28-16)15-18-6-5-11-24(18)20(25)12-19-7-8-21(29-19)30(26,27)23-9-3-4-10-23/h7-8,16-18H,3-6,9-15H2,1-2H3. The van der Waals surface area contributed by atoms with Crippen molar-refractivity contribution in [1.82, 2.24) is 14.1 Å². The van der Waals surface area contributed by atoms with Crippen LogP contribution in [-0.2, 0) is 26.0 Å². The number of likely N-dealkylation sites (tertiary alicyclic amines) is 1. The van der Waals surface area contributed by atoms with Gasteiger partial charge in [-0.2, -0.15) is 4.31 Å². The largest absolute Gasteiger partial charge is 0.373 e. The molecule has 0 saturated carbocycles. The lowest BCUT2D eigenvalue weighted by atomic mass is 10.1. The minimum Gasteiger partial charge on any atom is -0.373 e. The Labute approximate surface area is 184 Å². The normalized spacial score (nSPS) is 29.0. The average Bonchev–Trinajstić information content (AvgIpc) is 3.43. The molecule has 0 aromatic carbocycles. The zero-order chi connectivity index (χ0) is 21.3. The number of carbonyl (C=O) groups is 1. The quantitative estimate of drug-likeness (QED) is 0.658. The van der Waals surface area contributed by atoms with Gasteiger partial charge in [0, 0.05) is 50.2 Å². The molecule has 1 aromatic rings. The summed E-state index contributed by atoms with van der Waals surface area (Å²) >= 11 is 1.25. The van der Waals surface area contributed by atoms with E-state index in [9.17, 15) is 13.2 Å². The first-order valence-corrected chi connectivity index (χ1v) is 13.3. The van der Waals surface area contributed by atoms with E-state index in [4.69, 9.17) is 4.74 Å². The molecule has 4 heterocycles. The maximum absolute atomic E-state index is 13.0. The van der Waals surface area contributed by atoms with Crippen LogP contribution in [0.5, 0.6) is 0 Å². The topological polar surface area (TPSA) is 70.2 Å². The molecule has 1 aromatic heterocycles. The first kappa shape index (κ1) is 22.2. The smallest absolute Gasteiger partial charge is 0.252 e. The number of rotatable bonds is 6. The molecular formula is C21H33N3O4S2. The monoisotopic (exact) mass is 455 g/mol. The Bertz CT molecular complexity index is 840. The minimum atomic E-state index is -3.40. The van der Waals surface area contributed by atoms with Gasteiger partial charge in [-0.15, -0.1) is 11.3 Å². The van der Waals surface area contributed by atoms with Gasteiger partial charge in [0.05, 0.1) is 18.6 Å². The van der Waals surface area contributed by atoms with Gasteiger partial charge in [0.25, 0.3) is 10.0 Å². The van der Waals surface area contributed by atoms with E-state index in [0.717, 1.165) is 56.7 Å². The van der Waals surface area contributed by atoms with E-state index in [-0.39, 0.29) is 30.6 Å². The summed E-state index contributed by atoms with van der Waals surface area (Å²) < 4.78 is 33.2. The van der Waals surface area contributed by atoms with E-state index in [1.54, 1.807) is 10.4 Å². The third-order valence-electron chi connectivity index (χ3n) is 6.28. The van der Waals surface area contributed by atoms with E-state index >= 15 is 0 Å². The van der Waals surface area contributed by atoms with Crippen LogP contribution in [0.2, 0.25) is 0 Å². The molecule has 4 rings (SSSR count). The lowest BCUT2D eigenvalue weighted by molar-refractivity contribution is -0.132. The highest BCUT2D eigenvalue weighted by atomic mass is 32.2. The zero-order valence-electron chi connectivity index (χ0n) is 18.0. The third-order valence-corrected chi connectivity index (χ3v) is 9.73. The van der Waals surface area contributed by atoms with Crippen molar-refractivity contribution in [2.24, 2.45) is 0 Å². The predicted octanol–water partition coefficient (Wildman–Crippen LogP) is 2.18. The van der Waals surface area contributed by atoms with Crippen LogP contribution < -0.4 is 0 Å². The molecule has 0 radical (unpaired) electrons. The highest BCUT2D eigenvalue weighted by molar-refractivity contribution is 7.91. The summed E-state index contributed by atoms with van der Waals surface area (Å²) in [6.07, 6.45) is 4.64. The fourth-order valence-electron chi connectivity index (χ4n) is 4.98. The number of sulfonamides is 1. The molecular weight excluding hydrogens is 422 g/mol. The van der Waals surface area contributed by atoms with E-state index in [1.807, 2.05) is 11.0 Å². The van der Waals surface area contributed by atoms with Gasteiger partial charge in [0.1, 0.15) is 4.21 Å². The van der Waals surface area contributed by atoms with Crippen molar-refractivity contribution in [3.63, 3.8) is 0 Å². The number of ether oxygens (including phenoxy) is 1. The number of nitrogens with zero attached hydrogens (tertiary/aromatic N) is 3. The molecule has 7 nitrogen and oxygen atoms in total. The molecule has 3 saturated heterocycles. The Morgan fingerprint density at radius 1 is 1.10 bits per heavy atom. The van der Waals surface area contributed by atoms with Crippen molar-refractivity contribution < 1.29 is 17.9 Å². The molecule has 3 atom stereocenters. The molecule has 168 valence electrons. The molecule has 0 spiro atoms. The van der Waals surface area contributed by atoms with Crippen molar-refractivity contribution in [1.29, 1.82) is 0 Å². The lowest BCUT2D eigenvalue weighted by Crippen LogP contribution is -2.51. The second-order valence-electron chi connectivity index (χ2n) is 8.87. The summed E-state index contributed by atoms with van der Waals surface area (Å²) in [5.74, 6) is 0.110. The molecule has 0 bridgehead atoms. The predicted molar refractivity (Wildman–Crippen MR) is 117 cm³/mol. The van der Waals surface area contributed by atoms with Gasteiger partial charge >= 0.3 is 0 Å². The first-order chi connectivity index (χ1) is 14.3. The maximum atomic E-state index is 13.0. The van der Waals surface area contributed by atoms with E-state index in [0.29, 0.717) is 17.3 Å². The van der Waals surface area contributed by atoms with Crippen LogP contribution >= 0.6 is 11.3 Å². The highest BCUT2D eigenvalue weighted by Gasteiger charge is 2.33. The molecule has 3 unspecified atom stereocenters. The molecule has 3 fully saturated rings. The van der Waals surface area contributed by atoms with Crippen LogP contribution in [0.25, 0.3) is 0 Å². The molecule has 9 heteroatoms. The number of thiophene rings is 1. The van der Waals surface area contributed by atoms with Crippen molar-refractivity contribution in [2.45, 2.75) is 68.4 Å². The Hall–Kier alpha value is -1.00. The van der Waals surface area contributed by atoms with Gasteiger partial charge < -0.3 is 9.64 Å². The number of hydrogen-bond donors (Lipinski definition) is 0. The Kier molecular flexibility index (Phi) is 6.84. The van der Waals surface area contributed by atoms with Gasteiger partial charge in [-0.25, -0.2) is 8.42 Å². The number of amides is 1. The molecule has 3 aliphatic heterocycles. The summed E-state index contributed by atoms with van der Waals surface area (Å²) in [4.78, 5) is 18.3. The fraction of sp³-hybridized carbons (Fsp3) is 0.762. The van der Waals surface area contributed by atoms with Gasteiger partial charge in [0.15, 0.2) is 0 Å². The SMILES string of the molecule is CC1CN(CC2CCCN2C(=O)Cc2ccc(S(=O)(=O)N3CCCC3)s2)CC(C)O1. The summed E-state index contributed by atoms with van der Waals surface area (Å²) in [5.41, 5.74) is 0. The van der Waals surface area contributed by atoms with Gasteiger partial charge in [-0.3, -0.25) is 9.69 Å². The minimum absolute atomic E-state index is 0.110. The fourth-order valence-corrected chi connectivity index (χ4v) is 8.00. The van der Waals surface area contributed by atoms with Crippen LogP contribution in [0, 0.1) is 0 Å². The molecule has 0 N–H and O–H groups in total. The first-order valence-electron chi connectivity index (χ1n) is 11.1. The van der Waals surface area contributed by atoms with Crippen LogP contribution in [0.15, 0.2) is 16.3 Å². The van der Waals surface area contributed by atoms with Crippen LogP contribution in [0.3, 0.4) is 0 Å². The molecule has 0 aliphatic carbocycles. The summed E-state index contributed by atoms with van der Waals surface area (Å²) in [7, 11) is -3.40. The van der Waals surface area contributed by atoms with Gasteiger partial charge in [-0.05, 0) is 51.7 Å². The summed E-state index contributed by atoms with van der Waals surface area (Å²) in [5, 5.41) is 0. The summed E-state index contributed by atoms with van der Waals surface area (Å²) in [6, 6.07) is 3.71. The van der Waals surface area contributed by atoms with Crippen molar-refractivity contribution in [2.75, 3.05) is 39.3 Å². The number of morpholine rings is 1. The zero-order valence-corrected chi connectivity index (χ0v) is 19.6. The van der Waals surface area contributed by atoms with Crippen LogP contribution in [-0.4, -0.2) is 85.9 Å². The van der Waals surface area contributed by atoms with Gasteiger partial charge in [-0.1, -0.05) is 0 Å². The van der Waals surface area contributed by atoms with E-state index in [2.05, 4.69) is 18.7 Å². The summed E-state index contributed by atoms with van der Waals surface area (Å²) in [6.45, 7) is 8.91. The van der Waals surface area contributed by atoms with E-state index < -0.39 is 10.0 Å².